The summed E-state index contributed by atoms with van der Waals surface area (Å²) < 4.78 is 0. The van der Waals surface area contributed by atoms with Crippen molar-refractivity contribution in [3.05, 3.63) is 0 Å². The van der Waals surface area contributed by atoms with Crippen LogP contribution in [0.1, 0.15) is 298 Å². The summed E-state index contributed by atoms with van der Waals surface area (Å²) in [6.45, 7) is 35.0. The number of nitrogens with two attached hydrogens (primary N) is 7. The smallest absolute Gasteiger partial charge is 0.326 e. The molecule has 0 aromatic heterocycles. The molecule has 29 N–H and O–H groups in total. The topological polar surface area (TPSA) is 627 Å². The Morgan fingerprint density at radius 3 is 0.575 bits per heavy atom. The Balaban J connectivity index is 6.82. The number of hydrogen-bond acceptors (Lipinski definition) is 22. The molecular formula is C90H173N21O16. The molecule has 0 aromatic rings. The summed E-state index contributed by atoms with van der Waals surface area (Å²) in [4.78, 5) is 212. The molecule has 37 nitrogen and oxygen atoms in total. The van der Waals surface area contributed by atoms with Gasteiger partial charge in [-0.3, -0.25) is 67.1 Å². The van der Waals surface area contributed by atoms with Crippen LogP contribution in [0.5, 0.6) is 0 Å². The van der Waals surface area contributed by atoms with Crippen LogP contribution in [0.2, 0.25) is 0 Å². The highest BCUT2D eigenvalue weighted by Gasteiger charge is 2.39. The lowest BCUT2D eigenvalue weighted by Crippen LogP contribution is -2.61. The maximum atomic E-state index is 14.8. The summed E-state index contributed by atoms with van der Waals surface area (Å²) in [7, 11) is 0. The van der Waals surface area contributed by atoms with E-state index < -0.39 is 179 Å². The molecule has 37 heteroatoms. The highest BCUT2D eigenvalue weighted by Crippen LogP contribution is 2.19. The van der Waals surface area contributed by atoms with E-state index in [4.69, 9.17) is 40.1 Å². The standard InChI is InChI=1S/C90H173N21O16/c1-52(2)43-62(97)77(113)99-64(33-20-26-38-92)80(116)105-72(48-57(11)12)87(123)109-69(45-54(5)6)83(119)100-63(32-19-25-37-91)78(114)98-42-30-24-31-61(96)76(112)104-68(44-53(3)4)86(122)108-70(46-55(7)8)84(120)102-65(34-21-27-39-93)79(115)101-66(35-22-28-40-94)81(117)106-73(49-58(13)14)88(124)110-71(47-56(9)10)85(121)103-67(36-23-29-41-95)82(118)107-74(50-59(15)16)89(125)111-75(90(126)127)51-60(17)18/h52-75H,19-51,91-97H2,1-18H3,(H,98,114)(H,99,113)(H,100,119)(H,101,115)(H,102,120)(H,103,121)(H,104,112)(H,105,116)(H,106,117)(H,107,118)(H,108,122)(H,109,123)(H,110,124)(H,111,125)(H,126,127)/t61-,62-,63-,64-,65-,66-,67-,68-,69-,70-,71-,72-,73-,74-,75-/m0/s1. The van der Waals surface area contributed by atoms with E-state index in [0.29, 0.717) is 96.6 Å². The van der Waals surface area contributed by atoms with Crippen LogP contribution in [0.15, 0.2) is 0 Å². The minimum atomic E-state index is -1.29. The third kappa shape index (κ3) is 52.9. The molecule has 0 spiro atoms. The van der Waals surface area contributed by atoms with Gasteiger partial charge in [-0.05, 0) is 259 Å². The number of hydrogen-bond donors (Lipinski definition) is 22. The van der Waals surface area contributed by atoms with Gasteiger partial charge in [0.05, 0.1) is 12.1 Å². The molecule has 14 amide bonds. The molecule has 0 heterocycles. The second-order valence-electron chi connectivity index (χ2n) is 38.2. The number of carbonyl (C=O) groups is 15. The van der Waals surface area contributed by atoms with Crippen molar-refractivity contribution in [1.82, 2.24) is 74.4 Å². The van der Waals surface area contributed by atoms with Gasteiger partial charge in [-0.15, -0.1) is 0 Å². The number of nitrogens with one attached hydrogen (secondary N) is 14. The zero-order chi connectivity index (χ0) is 96.8. The van der Waals surface area contributed by atoms with Crippen LogP contribution in [0, 0.1) is 53.3 Å². The zero-order valence-corrected chi connectivity index (χ0v) is 80.3. The number of unbranched alkanes of at least 4 members (excludes halogenated alkanes) is 6. The SMILES string of the molecule is CC(C)C[C@H](NC(=O)[C@H](CC(C)C)NC(=O)[C@H](CCCCN)NC(=O)[C@H](CC(C)C)NC(=O)[C@H](CC(C)C)NC(=O)[C@H](CCCCN)NC(=O)[C@H](CCCCN)NC(=O)[C@H](CC(C)C)NC(=O)[C@H](CC(C)C)NC(=O)[C@@H](N)CCCCNC(=O)[C@H](CCCCN)NC(=O)[C@H](CC(C)C)NC(=O)[C@H](CC(C)C)NC(=O)[C@H](CCCCN)NC(=O)[C@@H](N)CC(C)C)C(=O)O. The van der Waals surface area contributed by atoms with Gasteiger partial charge in [0.15, 0.2) is 0 Å². The first-order valence-corrected chi connectivity index (χ1v) is 47.1. The molecular weight excluding hydrogens is 1630 g/mol. The molecule has 0 aliphatic carbocycles. The van der Waals surface area contributed by atoms with Gasteiger partial charge in [0.25, 0.3) is 0 Å². The summed E-state index contributed by atoms with van der Waals surface area (Å²) in [5.74, 6) is -11.5. The normalized spacial score (nSPS) is 15.3. The number of aliphatic carboxylic acids is 1. The van der Waals surface area contributed by atoms with Gasteiger partial charge in [0.1, 0.15) is 78.5 Å². The van der Waals surface area contributed by atoms with Crippen molar-refractivity contribution in [3.8, 4) is 0 Å². The van der Waals surface area contributed by atoms with Crippen LogP contribution < -0.4 is 115 Å². The van der Waals surface area contributed by atoms with E-state index in [0.717, 1.165) is 0 Å². The maximum Gasteiger partial charge on any atom is 0.326 e. The average Bonchev–Trinajstić information content (AvgIpc) is 0.855. The van der Waals surface area contributed by atoms with Gasteiger partial charge >= 0.3 is 5.97 Å². The first kappa shape index (κ1) is 119. The number of amides is 14. The van der Waals surface area contributed by atoms with Crippen LogP contribution in [-0.4, -0.2) is 224 Å². The molecule has 0 aliphatic rings. The Morgan fingerprint density at radius 1 is 0.197 bits per heavy atom. The number of carboxylic acid groups (broad SMARTS) is 1. The molecule has 734 valence electrons. The lowest BCUT2D eigenvalue weighted by molar-refractivity contribution is -0.143. The van der Waals surface area contributed by atoms with Crippen molar-refractivity contribution in [2.75, 3.05) is 39.3 Å². The highest BCUT2D eigenvalue weighted by atomic mass is 16.4. The van der Waals surface area contributed by atoms with E-state index in [2.05, 4.69) is 74.4 Å². The predicted molar refractivity (Wildman–Crippen MR) is 495 cm³/mol. The fourth-order valence-electron chi connectivity index (χ4n) is 14.5. The van der Waals surface area contributed by atoms with Crippen LogP contribution in [0.25, 0.3) is 0 Å². The van der Waals surface area contributed by atoms with Crippen molar-refractivity contribution < 1.29 is 77.0 Å². The van der Waals surface area contributed by atoms with Gasteiger partial charge in [-0.2, -0.15) is 0 Å². The highest BCUT2D eigenvalue weighted by molar-refractivity contribution is 6.00. The van der Waals surface area contributed by atoms with Crippen LogP contribution >= 0.6 is 0 Å². The predicted octanol–water partition coefficient (Wildman–Crippen LogP) is 2.37. The first-order valence-electron chi connectivity index (χ1n) is 47.1. The van der Waals surface area contributed by atoms with Crippen molar-refractivity contribution >= 4 is 88.7 Å². The van der Waals surface area contributed by atoms with E-state index >= 15 is 0 Å². The second kappa shape index (κ2) is 66.2. The monoisotopic (exact) mass is 1800 g/mol. The largest absolute Gasteiger partial charge is 0.480 e. The van der Waals surface area contributed by atoms with Gasteiger partial charge < -0.3 is 120 Å². The lowest BCUT2D eigenvalue weighted by Gasteiger charge is -2.29. The van der Waals surface area contributed by atoms with Crippen LogP contribution in [0.3, 0.4) is 0 Å². The number of rotatable bonds is 71. The third-order valence-corrected chi connectivity index (χ3v) is 21.2. The fourth-order valence-corrected chi connectivity index (χ4v) is 14.5. The molecule has 0 fully saturated rings. The van der Waals surface area contributed by atoms with Gasteiger partial charge in [0.2, 0.25) is 82.7 Å². The average molecular weight is 1810 g/mol. The minimum Gasteiger partial charge on any atom is -0.480 e. The Kier molecular flexibility index (Phi) is 61.9. The molecule has 0 radical (unpaired) electrons. The van der Waals surface area contributed by atoms with Crippen molar-refractivity contribution in [2.45, 2.75) is 389 Å². The van der Waals surface area contributed by atoms with Crippen LogP contribution in [-0.2, 0) is 71.9 Å². The lowest BCUT2D eigenvalue weighted by atomic mass is 9.98. The zero-order valence-electron chi connectivity index (χ0n) is 80.3. The Morgan fingerprint density at radius 2 is 0.362 bits per heavy atom. The summed E-state index contributed by atoms with van der Waals surface area (Å²) in [5.41, 5.74) is 42.0. The van der Waals surface area contributed by atoms with Crippen molar-refractivity contribution in [1.29, 1.82) is 0 Å². The quantitative estimate of drug-likeness (QED) is 0.0389. The molecule has 0 unspecified atom stereocenters. The van der Waals surface area contributed by atoms with E-state index in [-0.39, 0.29) is 169 Å². The Labute approximate surface area is 758 Å². The first-order chi connectivity index (χ1) is 59.6. The fraction of sp³-hybridized carbons (Fsp3) is 0.833. The van der Waals surface area contributed by atoms with Gasteiger partial charge in [-0.25, -0.2) is 4.79 Å². The summed E-state index contributed by atoms with van der Waals surface area (Å²) >= 11 is 0. The maximum absolute atomic E-state index is 14.8. The molecule has 15 atom stereocenters. The summed E-state index contributed by atoms with van der Waals surface area (Å²) in [6, 6.07) is -17.4. The number of carbonyl (C=O) groups excluding carboxylic acids is 14. The van der Waals surface area contributed by atoms with Crippen molar-refractivity contribution in [3.63, 3.8) is 0 Å². The third-order valence-electron chi connectivity index (χ3n) is 21.2. The molecule has 0 saturated carbocycles. The summed E-state index contributed by atoms with van der Waals surface area (Å²) in [6.07, 6.45) is 7.54. The van der Waals surface area contributed by atoms with E-state index in [1.54, 1.807) is 0 Å². The Bertz CT molecular complexity index is 3290. The second-order valence-corrected chi connectivity index (χ2v) is 38.2. The molecule has 0 saturated heterocycles. The molecule has 0 rings (SSSR count). The van der Waals surface area contributed by atoms with E-state index in [1.165, 1.54) is 0 Å². The molecule has 127 heavy (non-hydrogen) atoms. The van der Waals surface area contributed by atoms with Gasteiger partial charge in [0, 0.05) is 6.54 Å². The van der Waals surface area contributed by atoms with Gasteiger partial charge in [-0.1, -0.05) is 125 Å². The van der Waals surface area contributed by atoms with E-state index in [9.17, 15) is 77.0 Å². The number of carboxylic acids is 1. The van der Waals surface area contributed by atoms with E-state index in [1.807, 2.05) is 125 Å². The van der Waals surface area contributed by atoms with Crippen molar-refractivity contribution in [2.24, 2.45) is 93.4 Å². The molecule has 0 bridgehead atoms. The molecule has 0 aromatic carbocycles. The summed E-state index contributed by atoms with van der Waals surface area (Å²) in [5, 5.41) is 49.2. The molecule has 0 aliphatic heterocycles. The van der Waals surface area contributed by atoms with Crippen LogP contribution in [0.4, 0.5) is 0 Å². The Hall–Kier alpha value is -8.23. The minimum absolute atomic E-state index is 0.0476.